The van der Waals surface area contributed by atoms with Crippen molar-refractivity contribution in [3.8, 4) is 0 Å². The predicted molar refractivity (Wildman–Crippen MR) is 44.7 cm³/mol. The molecule has 0 amide bonds. The third-order valence-corrected chi connectivity index (χ3v) is 1.69. The van der Waals surface area contributed by atoms with Crippen LogP contribution in [0.4, 0.5) is 0 Å². The van der Waals surface area contributed by atoms with Gasteiger partial charge in [0, 0.05) is 12.4 Å². The van der Waals surface area contributed by atoms with Gasteiger partial charge in [-0.1, -0.05) is 6.58 Å². The first-order valence-electron chi connectivity index (χ1n) is 3.55. The Labute approximate surface area is 70.1 Å². The Kier molecular flexibility index (Phi) is 2.28. The summed E-state index contributed by atoms with van der Waals surface area (Å²) >= 11 is 0. The van der Waals surface area contributed by atoms with Crippen LogP contribution in [0.15, 0.2) is 18.8 Å². The first-order valence-corrected chi connectivity index (χ1v) is 3.55. The molecule has 0 aromatic carbocycles. The highest BCUT2D eigenvalue weighted by atomic mass is 16.4. The normalized spacial score (nSPS) is 12.4. The van der Waals surface area contributed by atoms with Gasteiger partial charge >= 0.3 is 5.97 Å². The molecule has 0 saturated heterocycles. The minimum Gasteiger partial charge on any atom is -0.481 e. The summed E-state index contributed by atoms with van der Waals surface area (Å²) in [7, 11) is 0. The van der Waals surface area contributed by atoms with E-state index in [9.17, 15) is 4.79 Å². The van der Waals surface area contributed by atoms with E-state index in [1.54, 1.807) is 19.2 Å². The Morgan fingerprint density at radius 3 is 3.08 bits per heavy atom. The summed E-state index contributed by atoms with van der Waals surface area (Å²) in [4.78, 5) is 10.6. The van der Waals surface area contributed by atoms with Crippen molar-refractivity contribution < 1.29 is 9.90 Å². The summed E-state index contributed by atoms with van der Waals surface area (Å²) < 4.78 is 1.46. The second-order valence-electron chi connectivity index (χ2n) is 2.44. The highest BCUT2D eigenvalue weighted by molar-refractivity contribution is 5.75. The molecule has 0 saturated carbocycles. The number of carboxylic acids is 1. The molecule has 1 rings (SSSR count). The summed E-state index contributed by atoms with van der Waals surface area (Å²) in [6.45, 7) is 5.12. The molecule has 0 aliphatic carbocycles. The van der Waals surface area contributed by atoms with E-state index in [1.807, 2.05) is 0 Å². The maximum Gasteiger partial charge on any atom is 0.312 e. The van der Waals surface area contributed by atoms with E-state index in [2.05, 4.69) is 11.7 Å². The van der Waals surface area contributed by atoms with Gasteiger partial charge in [-0.15, -0.1) is 0 Å². The van der Waals surface area contributed by atoms with Crippen LogP contribution < -0.4 is 0 Å². The van der Waals surface area contributed by atoms with E-state index in [1.165, 1.54) is 10.9 Å². The Hall–Kier alpha value is -1.58. The highest BCUT2D eigenvalue weighted by Gasteiger charge is 2.16. The summed E-state index contributed by atoms with van der Waals surface area (Å²) in [5, 5.41) is 12.6. The van der Waals surface area contributed by atoms with Crippen molar-refractivity contribution in [3.05, 3.63) is 24.5 Å². The fourth-order valence-electron chi connectivity index (χ4n) is 0.946. The van der Waals surface area contributed by atoms with Crippen LogP contribution in [0.1, 0.15) is 18.5 Å². The predicted octanol–water partition coefficient (Wildman–Crippen LogP) is 1.17. The van der Waals surface area contributed by atoms with Crippen LogP contribution in [0.2, 0.25) is 0 Å². The second-order valence-corrected chi connectivity index (χ2v) is 2.44. The lowest BCUT2D eigenvalue weighted by Crippen LogP contribution is -2.11. The van der Waals surface area contributed by atoms with E-state index < -0.39 is 11.9 Å². The van der Waals surface area contributed by atoms with Crippen molar-refractivity contribution in [2.75, 3.05) is 0 Å². The zero-order chi connectivity index (χ0) is 9.14. The lowest BCUT2D eigenvalue weighted by Gasteiger charge is -2.05. The van der Waals surface area contributed by atoms with E-state index in [-0.39, 0.29) is 0 Å². The van der Waals surface area contributed by atoms with Gasteiger partial charge in [-0.2, -0.15) is 5.10 Å². The molecule has 0 spiro atoms. The van der Waals surface area contributed by atoms with Gasteiger partial charge in [0.05, 0.1) is 11.6 Å². The molecule has 64 valence electrons. The van der Waals surface area contributed by atoms with Gasteiger partial charge in [0.15, 0.2) is 0 Å². The number of aromatic nitrogens is 2. The average Bonchev–Trinajstić information content (AvgIpc) is 2.49. The smallest absolute Gasteiger partial charge is 0.312 e. The largest absolute Gasteiger partial charge is 0.481 e. The minimum atomic E-state index is -0.862. The molecule has 0 aliphatic heterocycles. The zero-order valence-electron chi connectivity index (χ0n) is 6.77. The highest BCUT2D eigenvalue weighted by Crippen LogP contribution is 2.14. The topological polar surface area (TPSA) is 55.1 Å². The van der Waals surface area contributed by atoms with Gasteiger partial charge in [-0.3, -0.25) is 4.79 Å². The Bertz CT molecular complexity index is 304. The molecular formula is C8H10N2O2. The van der Waals surface area contributed by atoms with Crippen LogP contribution in [-0.4, -0.2) is 20.9 Å². The first-order chi connectivity index (χ1) is 5.66. The van der Waals surface area contributed by atoms with E-state index in [0.29, 0.717) is 5.69 Å². The maximum atomic E-state index is 10.6. The van der Waals surface area contributed by atoms with Crippen LogP contribution in [0, 0.1) is 0 Å². The maximum absolute atomic E-state index is 10.6. The second kappa shape index (κ2) is 3.21. The molecule has 1 N–H and O–H groups in total. The number of aliphatic carboxylic acids is 1. The quantitative estimate of drug-likeness (QED) is 0.733. The van der Waals surface area contributed by atoms with Gasteiger partial charge in [0.2, 0.25) is 0 Å². The van der Waals surface area contributed by atoms with Gasteiger partial charge in [0.1, 0.15) is 0 Å². The lowest BCUT2D eigenvalue weighted by molar-refractivity contribution is -0.138. The molecule has 0 aliphatic rings. The monoisotopic (exact) mass is 166 g/mol. The fourth-order valence-corrected chi connectivity index (χ4v) is 0.946. The molecule has 1 aromatic heterocycles. The molecule has 12 heavy (non-hydrogen) atoms. The molecule has 1 unspecified atom stereocenters. The van der Waals surface area contributed by atoms with Crippen LogP contribution >= 0.6 is 0 Å². The van der Waals surface area contributed by atoms with Crippen molar-refractivity contribution >= 4 is 12.2 Å². The number of hydrogen-bond acceptors (Lipinski definition) is 2. The Morgan fingerprint density at radius 2 is 2.58 bits per heavy atom. The number of hydrogen-bond donors (Lipinski definition) is 1. The van der Waals surface area contributed by atoms with Gasteiger partial charge < -0.3 is 5.11 Å². The number of carboxylic acid groups (broad SMARTS) is 1. The summed E-state index contributed by atoms with van der Waals surface area (Å²) in [6, 6.07) is 1.67. The Balaban J connectivity index is 3.01. The Morgan fingerprint density at radius 1 is 1.92 bits per heavy atom. The number of rotatable bonds is 3. The summed E-state index contributed by atoms with van der Waals surface area (Å²) in [5.74, 6) is -1.41. The fraction of sp³-hybridized carbons (Fsp3) is 0.250. The van der Waals surface area contributed by atoms with Crippen molar-refractivity contribution in [2.24, 2.45) is 0 Å². The third-order valence-electron chi connectivity index (χ3n) is 1.69. The number of carbonyl (C=O) groups is 1. The molecule has 0 bridgehead atoms. The molecule has 0 radical (unpaired) electrons. The lowest BCUT2D eigenvalue weighted by atomic mass is 10.1. The first kappa shape index (κ1) is 8.52. The molecule has 1 aromatic rings. The summed E-state index contributed by atoms with van der Waals surface area (Å²) in [6.07, 6.45) is 3.03. The van der Waals surface area contributed by atoms with Crippen LogP contribution in [-0.2, 0) is 4.79 Å². The van der Waals surface area contributed by atoms with Crippen LogP contribution in [0.3, 0.4) is 0 Å². The van der Waals surface area contributed by atoms with Crippen LogP contribution in [0.25, 0.3) is 6.20 Å². The van der Waals surface area contributed by atoms with Crippen molar-refractivity contribution in [2.45, 2.75) is 12.8 Å². The standard InChI is InChI=1S/C8H10N2O2/c1-3-10-7(4-5-9-10)6(2)8(11)12/h3-6H,1H2,2H3,(H,11,12). The molecule has 1 heterocycles. The van der Waals surface area contributed by atoms with Crippen molar-refractivity contribution in [1.29, 1.82) is 0 Å². The average molecular weight is 166 g/mol. The molecule has 1 atom stereocenters. The minimum absolute atomic E-state index is 0.550. The molecule has 4 heteroatoms. The van der Waals surface area contributed by atoms with Crippen molar-refractivity contribution in [3.63, 3.8) is 0 Å². The van der Waals surface area contributed by atoms with Crippen LogP contribution in [0.5, 0.6) is 0 Å². The van der Waals surface area contributed by atoms with E-state index in [4.69, 9.17) is 5.11 Å². The number of nitrogens with zero attached hydrogens (tertiary/aromatic N) is 2. The molecular weight excluding hydrogens is 156 g/mol. The van der Waals surface area contributed by atoms with Gasteiger partial charge in [-0.25, -0.2) is 4.68 Å². The molecule has 4 nitrogen and oxygen atoms in total. The summed E-state index contributed by atoms with van der Waals surface area (Å²) in [5.41, 5.74) is 0.637. The van der Waals surface area contributed by atoms with Gasteiger partial charge in [-0.05, 0) is 13.0 Å². The zero-order valence-corrected chi connectivity index (χ0v) is 6.77. The molecule has 0 fully saturated rings. The van der Waals surface area contributed by atoms with Crippen molar-refractivity contribution in [1.82, 2.24) is 9.78 Å². The SMILES string of the molecule is C=Cn1nccc1C(C)C(=O)O. The van der Waals surface area contributed by atoms with E-state index in [0.717, 1.165) is 0 Å². The van der Waals surface area contributed by atoms with E-state index >= 15 is 0 Å². The third kappa shape index (κ3) is 1.37. The van der Waals surface area contributed by atoms with Gasteiger partial charge in [0.25, 0.3) is 0 Å².